The Bertz CT molecular complexity index is 1580. The number of tetrazole rings is 1. The van der Waals surface area contributed by atoms with E-state index < -0.39 is 0 Å². The van der Waals surface area contributed by atoms with Gasteiger partial charge in [-0.3, -0.25) is 9.69 Å². The molecule has 5 aromatic rings. The number of nitrogens with one attached hydrogen (secondary N) is 1. The van der Waals surface area contributed by atoms with Crippen molar-refractivity contribution in [1.82, 2.24) is 30.1 Å². The van der Waals surface area contributed by atoms with Crippen LogP contribution in [0.5, 0.6) is 11.5 Å². The van der Waals surface area contributed by atoms with E-state index in [-0.39, 0.29) is 5.56 Å². The Morgan fingerprint density at radius 1 is 0.842 bits per heavy atom. The lowest BCUT2D eigenvalue weighted by Crippen LogP contribution is -2.28. The van der Waals surface area contributed by atoms with Gasteiger partial charge in [-0.15, -0.1) is 5.10 Å². The van der Waals surface area contributed by atoms with Gasteiger partial charge in [0.15, 0.2) is 5.82 Å². The van der Waals surface area contributed by atoms with Gasteiger partial charge in [-0.2, -0.15) is 0 Å². The third-order valence-corrected chi connectivity index (χ3v) is 6.51. The molecule has 38 heavy (non-hydrogen) atoms. The van der Waals surface area contributed by atoms with E-state index in [2.05, 4.69) is 56.6 Å². The molecule has 0 saturated heterocycles. The van der Waals surface area contributed by atoms with Crippen molar-refractivity contribution < 1.29 is 9.47 Å². The zero-order chi connectivity index (χ0) is 26.5. The SMILES string of the molecule is COc1ccc(Cn2nnnc2CN(Cc2ccc(C)cc2)Cc2cc3cc(OC)ccc3[nH]c2=O)cc1. The summed E-state index contributed by atoms with van der Waals surface area (Å²) in [5.74, 6) is 2.25. The first-order chi connectivity index (χ1) is 18.5. The monoisotopic (exact) mass is 510 g/mol. The van der Waals surface area contributed by atoms with Gasteiger partial charge in [0, 0.05) is 29.6 Å². The Morgan fingerprint density at radius 2 is 1.55 bits per heavy atom. The molecule has 0 aliphatic carbocycles. The number of hydrogen-bond donors (Lipinski definition) is 1. The predicted octanol–water partition coefficient (Wildman–Crippen LogP) is 4.09. The fraction of sp³-hybridized carbons (Fsp3) is 0.241. The van der Waals surface area contributed by atoms with Crippen LogP contribution in [-0.4, -0.2) is 44.3 Å². The summed E-state index contributed by atoms with van der Waals surface area (Å²) in [5, 5.41) is 13.4. The second-order valence-electron chi connectivity index (χ2n) is 9.31. The van der Waals surface area contributed by atoms with Crippen LogP contribution in [0.4, 0.5) is 0 Å². The second-order valence-corrected chi connectivity index (χ2v) is 9.31. The summed E-state index contributed by atoms with van der Waals surface area (Å²) in [7, 11) is 3.28. The number of fused-ring (bicyclic) bond motifs is 1. The molecule has 0 saturated carbocycles. The number of nitrogens with zero attached hydrogens (tertiary/aromatic N) is 5. The number of rotatable bonds is 10. The van der Waals surface area contributed by atoms with Crippen molar-refractivity contribution in [2.75, 3.05) is 14.2 Å². The lowest BCUT2D eigenvalue weighted by molar-refractivity contribution is 0.236. The van der Waals surface area contributed by atoms with E-state index in [1.807, 2.05) is 48.5 Å². The fourth-order valence-corrected chi connectivity index (χ4v) is 4.40. The van der Waals surface area contributed by atoms with Crippen LogP contribution in [0.3, 0.4) is 0 Å². The summed E-state index contributed by atoms with van der Waals surface area (Å²) in [5.41, 5.74) is 4.71. The number of ether oxygens (including phenoxy) is 2. The Labute approximate surface area is 220 Å². The number of aryl methyl sites for hydroxylation is 1. The van der Waals surface area contributed by atoms with Crippen LogP contribution in [0, 0.1) is 6.92 Å². The van der Waals surface area contributed by atoms with Crippen molar-refractivity contribution >= 4 is 10.9 Å². The zero-order valence-electron chi connectivity index (χ0n) is 21.7. The quantitative estimate of drug-likeness (QED) is 0.302. The first-order valence-electron chi connectivity index (χ1n) is 12.4. The number of aromatic nitrogens is 5. The van der Waals surface area contributed by atoms with Crippen molar-refractivity contribution in [2.24, 2.45) is 0 Å². The predicted molar refractivity (Wildman–Crippen MR) is 145 cm³/mol. The van der Waals surface area contributed by atoms with Crippen LogP contribution in [-0.2, 0) is 26.2 Å². The summed E-state index contributed by atoms with van der Waals surface area (Å²) in [6.07, 6.45) is 0. The molecule has 0 bridgehead atoms. The van der Waals surface area contributed by atoms with Crippen molar-refractivity contribution in [3.63, 3.8) is 0 Å². The molecule has 0 fully saturated rings. The molecule has 9 heteroatoms. The van der Waals surface area contributed by atoms with Gasteiger partial charge in [-0.1, -0.05) is 42.0 Å². The van der Waals surface area contributed by atoms with Gasteiger partial charge in [0.05, 0.1) is 27.3 Å². The van der Waals surface area contributed by atoms with Crippen LogP contribution in [0.25, 0.3) is 10.9 Å². The third-order valence-electron chi connectivity index (χ3n) is 6.51. The molecule has 0 unspecified atom stereocenters. The van der Waals surface area contributed by atoms with Crippen molar-refractivity contribution in [1.29, 1.82) is 0 Å². The molecule has 0 atom stereocenters. The molecule has 0 spiro atoms. The van der Waals surface area contributed by atoms with E-state index in [0.29, 0.717) is 37.6 Å². The second kappa shape index (κ2) is 11.3. The maximum atomic E-state index is 13.0. The highest BCUT2D eigenvalue weighted by molar-refractivity contribution is 5.80. The Morgan fingerprint density at radius 3 is 2.29 bits per heavy atom. The van der Waals surface area contributed by atoms with Gasteiger partial charge >= 0.3 is 0 Å². The van der Waals surface area contributed by atoms with E-state index in [9.17, 15) is 4.79 Å². The van der Waals surface area contributed by atoms with Crippen LogP contribution in [0.2, 0.25) is 0 Å². The molecule has 2 aromatic heterocycles. The summed E-state index contributed by atoms with van der Waals surface area (Å²) in [6, 6.07) is 23.8. The Balaban J connectivity index is 1.43. The molecule has 0 aliphatic heterocycles. The molecule has 0 amide bonds. The summed E-state index contributed by atoms with van der Waals surface area (Å²) in [4.78, 5) is 18.2. The number of benzene rings is 3. The minimum absolute atomic E-state index is 0.116. The minimum Gasteiger partial charge on any atom is -0.497 e. The zero-order valence-corrected chi connectivity index (χ0v) is 21.7. The van der Waals surface area contributed by atoms with Crippen molar-refractivity contribution in [3.05, 3.63) is 111 Å². The average Bonchev–Trinajstić information content (AvgIpc) is 3.36. The van der Waals surface area contributed by atoms with Gasteiger partial charge in [-0.25, -0.2) is 4.68 Å². The van der Waals surface area contributed by atoms with Gasteiger partial charge in [0.1, 0.15) is 11.5 Å². The number of methoxy groups -OCH3 is 2. The maximum absolute atomic E-state index is 13.0. The molecule has 0 aliphatic rings. The highest BCUT2D eigenvalue weighted by atomic mass is 16.5. The number of aromatic amines is 1. The van der Waals surface area contributed by atoms with Crippen LogP contribution >= 0.6 is 0 Å². The highest BCUT2D eigenvalue weighted by Crippen LogP contribution is 2.20. The molecule has 194 valence electrons. The molecule has 3 aromatic carbocycles. The van der Waals surface area contributed by atoms with E-state index >= 15 is 0 Å². The van der Waals surface area contributed by atoms with Crippen LogP contribution < -0.4 is 15.0 Å². The number of hydrogen-bond acceptors (Lipinski definition) is 7. The molecule has 5 rings (SSSR count). The summed E-state index contributed by atoms with van der Waals surface area (Å²) >= 11 is 0. The average molecular weight is 511 g/mol. The Hall–Kier alpha value is -4.50. The fourth-order valence-electron chi connectivity index (χ4n) is 4.40. The summed E-state index contributed by atoms with van der Waals surface area (Å²) < 4.78 is 12.4. The lowest BCUT2D eigenvalue weighted by atomic mass is 10.1. The Kier molecular flexibility index (Phi) is 7.46. The van der Waals surface area contributed by atoms with Gasteiger partial charge in [-0.05, 0) is 64.9 Å². The van der Waals surface area contributed by atoms with Gasteiger partial charge in [0.25, 0.3) is 5.56 Å². The summed E-state index contributed by atoms with van der Waals surface area (Å²) in [6.45, 7) is 4.11. The van der Waals surface area contributed by atoms with Crippen molar-refractivity contribution in [3.8, 4) is 11.5 Å². The number of H-pyrrole nitrogens is 1. The van der Waals surface area contributed by atoms with E-state index in [1.165, 1.54) is 5.56 Å². The standard InChI is InChI=1S/C29H30N6O3/c1-20-4-6-21(7-5-20)16-34(18-24-14-23-15-26(38-3)12-13-27(23)30-29(24)36)19-28-31-32-33-35(28)17-22-8-10-25(37-2)11-9-22/h4-15H,16-19H2,1-3H3,(H,30,36). The molecular weight excluding hydrogens is 480 g/mol. The van der Waals surface area contributed by atoms with Crippen LogP contribution in [0.15, 0.2) is 77.6 Å². The van der Waals surface area contributed by atoms with Gasteiger partial charge < -0.3 is 14.5 Å². The molecule has 1 N–H and O–H groups in total. The van der Waals surface area contributed by atoms with E-state index in [4.69, 9.17) is 9.47 Å². The van der Waals surface area contributed by atoms with E-state index in [0.717, 1.165) is 33.5 Å². The first kappa shape index (κ1) is 25.2. The molecule has 2 heterocycles. The first-order valence-corrected chi connectivity index (χ1v) is 12.4. The number of pyridine rings is 1. The lowest BCUT2D eigenvalue weighted by Gasteiger charge is -2.22. The van der Waals surface area contributed by atoms with Crippen molar-refractivity contribution in [2.45, 2.75) is 33.1 Å². The molecular formula is C29H30N6O3. The topological polar surface area (TPSA) is 98.2 Å². The third kappa shape index (κ3) is 5.90. The largest absolute Gasteiger partial charge is 0.497 e. The minimum atomic E-state index is -0.116. The van der Waals surface area contributed by atoms with Crippen LogP contribution in [0.1, 0.15) is 28.1 Å². The molecule has 9 nitrogen and oxygen atoms in total. The smallest absolute Gasteiger partial charge is 0.252 e. The highest BCUT2D eigenvalue weighted by Gasteiger charge is 2.16. The van der Waals surface area contributed by atoms with E-state index in [1.54, 1.807) is 18.9 Å². The maximum Gasteiger partial charge on any atom is 0.252 e. The normalized spacial score (nSPS) is 11.3. The van der Waals surface area contributed by atoms with Gasteiger partial charge in [0.2, 0.25) is 0 Å². The molecule has 0 radical (unpaired) electrons.